The second kappa shape index (κ2) is 4.67. The van der Waals surface area contributed by atoms with Gasteiger partial charge in [-0.3, -0.25) is 0 Å². The van der Waals surface area contributed by atoms with Crippen LogP contribution in [-0.4, -0.2) is 4.98 Å². The lowest BCUT2D eigenvalue weighted by Gasteiger charge is -2.07. The molecule has 0 bridgehead atoms. The van der Waals surface area contributed by atoms with E-state index in [1.54, 1.807) is 0 Å². The highest BCUT2D eigenvalue weighted by molar-refractivity contribution is 5.53. The van der Waals surface area contributed by atoms with Gasteiger partial charge in [-0.1, -0.05) is 0 Å². The quantitative estimate of drug-likeness (QED) is 0.885. The fourth-order valence-corrected chi connectivity index (χ4v) is 1.27. The van der Waals surface area contributed by atoms with Crippen LogP contribution in [0.25, 0.3) is 0 Å². The Morgan fingerprint density at radius 1 is 1.22 bits per heavy atom. The van der Waals surface area contributed by atoms with Crippen LogP contribution in [-0.2, 0) is 0 Å². The Morgan fingerprint density at radius 3 is 2.61 bits per heavy atom. The first-order chi connectivity index (χ1) is 8.60. The number of nitriles is 1. The molecule has 0 saturated heterocycles. The number of pyridine rings is 1. The van der Waals surface area contributed by atoms with Gasteiger partial charge in [0.1, 0.15) is 11.8 Å². The minimum atomic E-state index is -1.03. The summed E-state index contributed by atoms with van der Waals surface area (Å²) in [5.41, 5.74) is 6.03. The molecule has 18 heavy (non-hydrogen) atoms. The molecule has 0 amide bonds. The average Bonchev–Trinajstić information content (AvgIpc) is 2.36. The molecule has 0 unspecified atom stereocenters. The molecule has 1 heterocycles. The fourth-order valence-electron chi connectivity index (χ4n) is 1.27. The zero-order chi connectivity index (χ0) is 13.1. The van der Waals surface area contributed by atoms with Gasteiger partial charge in [0.2, 0.25) is 5.88 Å². The minimum absolute atomic E-state index is 0.0278. The molecular formula is C12H7F2N3O. The summed E-state index contributed by atoms with van der Waals surface area (Å²) >= 11 is 0. The Kier molecular flexibility index (Phi) is 3.06. The van der Waals surface area contributed by atoms with Crippen molar-refractivity contribution in [3.8, 4) is 17.7 Å². The van der Waals surface area contributed by atoms with Crippen LogP contribution in [0.3, 0.4) is 0 Å². The van der Waals surface area contributed by atoms with E-state index in [9.17, 15) is 8.78 Å². The molecule has 0 atom stereocenters. The summed E-state index contributed by atoms with van der Waals surface area (Å²) < 4.78 is 30.9. The maximum atomic E-state index is 13.0. The lowest BCUT2D eigenvalue weighted by atomic mass is 10.3. The Hall–Kier alpha value is -2.68. The number of nitrogens with zero attached hydrogens (tertiary/aromatic N) is 2. The number of aromatic nitrogens is 1. The second-order valence-electron chi connectivity index (χ2n) is 3.41. The smallest absolute Gasteiger partial charge is 0.242 e. The van der Waals surface area contributed by atoms with Gasteiger partial charge in [0.05, 0.1) is 11.3 Å². The van der Waals surface area contributed by atoms with Gasteiger partial charge in [-0.25, -0.2) is 13.8 Å². The third-order valence-corrected chi connectivity index (χ3v) is 2.11. The number of hydrogen-bond acceptors (Lipinski definition) is 4. The summed E-state index contributed by atoms with van der Waals surface area (Å²) in [6, 6.07) is 6.31. The van der Waals surface area contributed by atoms with Crippen molar-refractivity contribution in [3.63, 3.8) is 0 Å². The molecule has 0 radical (unpaired) electrons. The van der Waals surface area contributed by atoms with E-state index in [2.05, 4.69) is 4.98 Å². The molecule has 2 N–H and O–H groups in total. The monoisotopic (exact) mass is 247 g/mol. The van der Waals surface area contributed by atoms with Crippen molar-refractivity contribution in [2.45, 2.75) is 0 Å². The molecule has 0 aliphatic heterocycles. The zero-order valence-electron chi connectivity index (χ0n) is 9.02. The lowest BCUT2D eigenvalue weighted by molar-refractivity contribution is 0.449. The summed E-state index contributed by atoms with van der Waals surface area (Å²) in [6.45, 7) is 0. The molecule has 2 rings (SSSR count). The van der Waals surface area contributed by atoms with Gasteiger partial charge >= 0.3 is 0 Å². The first kappa shape index (κ1) is 11.8. The number of benzene rings is 1. The molecule has 1 aromatic carbocycles. The van der Waals surface area contributed by atoms with Crippen LogP contribution in [0.15, 0.2) is 30.5 Å². The van der Waals surface area contributed by atoms with Crippen molar-refractivity contribution in [2.24, 2.45) is 0 Å². The maximum Gasteiger partial charge on any atom is 0.242 e. The first-order valence-electron chi connectivity index (χ1n) is 4.88. The highest BCUT2D eigenvalue weighted by Gasteiger charge is 2.08. The lowest BCUT2D eigenvalue weighted by Crippen LogP contribution is -1.96. The largest absolute Gasteiger partial charge is 0.437 e. The number of halogens is 2. The predicted molar refractivity (Wildman–Crippen MR) is 59.8 cm³/mol. The van der Waals surface area contributed by atoms with Gasteiger partial charge in [-0.2, -0.15) is 5.26 Å². The van der Waals surface area contributed by atoms with E-state index in [1.165, 1.54) is 18.3 Å². The van der Waals surface area contributed by atoms with Crippen molar-refractivity contribution < 1.29 is 13.5 Å². The number of ether oxygens (including phenoxy) is 1. The van der Waals surface area contributed by atoms with Gasteiger partial charge in [-0.05, 0) is 18.2 Å². The van der Waals surface area contributed by atoms with E-state index >= 15 is 0 Å². The summed E-state index contributed by atoms with van der Waals surface area (Å²) in [5.74, 6) is -1.90. The summed E-state index contributed by atoms with van der Waals surface area (Å²) in [7, 11) is 0. The van der Waals surface area contributed by atoms with Crippen molar-refractivity contribution >= 4 is 5.69 Å². The molecule has 2 aromatic rings. The van der Waals surface area contributed by atoms with Gasteiger partial charge < -0.3 is 10.5 Å². The molecule has 4 nitrogen and oxygen atoms in total. The van der Waals surface area contributed by atoms with Crippen LogP contribution in [0.2, 0.25) is 0 Å². The molecule has 0 fully saturated rings. The number of nitrogen functional groups attached to an aromatic ring is 1. The van der Waals surface area contributed by atoms with E-state index < -0.39 is 11.6 Å². The molecule has 0 spiro atoms. The van der Waals surface area contributed by atoms with E-state index in [-0.39, 0.29) is 22.9 Å². The van der Waals surface area contributed by atoms with Gasteiger partial charge in [0.25, 0.3) is 0 Å². The minimum Gasteiger partial charge on any atom is -0.437 e. The predicted octanol–water partition coefficient (Wildman–Crippen LogP) is 2.61. The molecule has 0 saturated carbocycles. The number of nitrogens with two attached hydrogens (primary N) is 1. The Morgan fingerprint density at radius 2 is 2.00 bits per heavy atom. The van der Waals surface area contributed by atoms with Crippen LogP contribution in [0, 0.1) is 23.0 Å². The average molecular weight is 247 g/mol. The van der Waals surface area contributed by atoms with E-state index in [0.717, 1.165) is 12.1 Å². The molecule has 90 valence electrons. The highest BCUT2D eigenvalue weighted by atomic mass is 19.2. The fraction of sp³-hybridized carbons (Fsp3) is 0. The van der Waals surface area contributed by atoms with Gasteiger partial charge in [0, 0.05) is 12.3 Å². The Labute approximate surface area is 101 Å². The first-order valence-corrected chi connectivity index (χ1v) is 4.88. The molecular weight excluding hydrogens is 240 g/mol. The van der Waals surface area contributed by atoms with Crippen LogP contribution >= 0.6 is 0 Å². The third-order valence-electron chi connectivity index (χ3n) is 2.11. The topological polar surface area (TPSA) is 71.9 Å². The van der Waals surface area contributed by atoms with E-state index in [1.807, 2.05) is 6.07 Å². The van der Waals surface area contributed by atoms with E-state index in [4.69, 9.17) is 15.7 Å². The van der Waals surface area contributed by atoms with Crippen molar-refractivity contribution in [1.82, 2.24) is 4.98 Å². The molecule has 1 aromatic heterocycles. The van der Waals surface area contributed by atoms with Crippen LogP contribution in [0.4, 0.5) is 14.5 Å². The van der Waals surface area contributed by atoms with Crippen molar-refractivity contribution in [3.05, 3.63) is 47.7 Å². The van der Waals surface area contributed by atoms with Crippen LogP contribution in [0.5, 0.6) is 11.6 Å². The maximum absolute atomic E-state index is 13.0. The number of anilines is 1. The third kappa shape index (κ3) is 2.35. The summed E-state index contributed by atoms with van der Waals surface area (Å²) in [4.78, 5) is 3.81. The molecule has 0 aliphatic carbocycles. The normalized spacial score (nSPS) is 9.83. The number of rotatable bonds is 2. The number of hydrogen-bond donors (Lipinski definition) is 1. The van der Waals surface area contributed by atoms with Crippen LogP contribution in [0.1, 0.15) is 5.56 Å². The molecule has 6 heteroatoms. The Bertz CT molecular complexity index is 638. The highest BCUT2D eigenvalue weighted by Crippen LogP contribution is 2.26. The Balaban J connectivity index is 2.29. The SMILES string of the molecule is N#Cc1cnc(Oc2ccc(F)c(F)c2)c(N)c1. The second-order valence-corrected chi connectivity index (χ2v) is 3.41. The summed E-state index contributed by atoms with van der Waals surface area (Å²) in [5, 5.41) is 8.63. The van der Waals surface area contributed by atoms with Crippen molar-refractivity contribution in [2.75, 3.05) is 5.73 Å². The van der Waals surface area contributed by atoms with Crippen molar-refractivity contribution in [1.29, 1.82) is 5.26 Å². The van der Waals surface area contributed by atoms with Gasteiger partial charge in [0.15, 0.2) is 11.6 Å². The zero-order valence-corrected chi connectivity index (χ0v) is 9.02. The summed E-state index contributed by atoms with van der Waals surface area (Å²) in [6.07, 6.45) is 1.27. The standard InChI is InChI=1S/C12H7F2N3O/c13-9-2-1-8(4-10(9)14)18-12-11(16)3-7(5-15)6-17-12/h1-4,6H,16H2. The molecule has 0 aliphatic rings. The van der Waals surface area contributed by atoms with Crippen LogP contribution < -0.4 is 10.5 Å². The van der Waals surface area contributed by atoms with Gasteiger partial charge in [-0.15, -0.1) is 0 Å². The van der Waals surface area contributed by atoms with E-state index in [0.29, 0.717) is 0 Å².